The average molecular weight is 552 g/mol. The first-order valence-electron chi connectivity index (χ1n) is 11.9. The molecule has 5 rings (SSSR count). The monoisotopic (exact) mass is 551 g/mol. The van der Waals surface area contributed by atoms with Crippen LogP contribution in [-0.4, -0.2) is 9.97 Å². The lowest BCUT2D eigenvalue weighted by molar-refractivity contribution is -0.137. The van der Waals surface area contributed by atoms with Crippen molar-refractivity contribution in [3.05, 3.63) is 135 Å². The third-order valence-corrected chi connectivity index (χ3v) is 6.97. The molecule has 0 amide bonds. The van der Waals surface area contributed by atoms with Gasteiger partial charge in [0.2, 0.25) is 0 Å². The second-order valence-corrected chi connectivity index (χ2v) is 9.90. The van der Waals surface area contributed by atoms with Gasteiger partial charge in [-0.25, -0.2) is 9.97 Å². The van der Waals surface area contributed by atoms with Crippen molar-refractivity contribution in [2.24, 2.45) is 0 Å². The molecule has 0 aliphatic carbocycles. The zero-order valence-corrected chi connectivity index (χ0v) is 21.7. The van der Waals surface area contributed by atoms with Crippen LogP contribution in [0.5, 0.6) is 0 Å². The van der Waals surface area contributed by atoms with Crippen molar-refractivity contribution in [1.29, 1.82) is 0 Å². The Labute approximate surface area is 228 Å². The lowest BCUT2D eigenvalue weighted by atomic mass is 9.84. The van der Waals surface area contributed by atoms with Gasteiger partial charge >= 0.3 is 6.18 Å². The first kappa shape index (κ1) is 26.0. The molecule has 0 spiro atoms. The van der Waals surface area contributed by atoms with Crippen molar-refractivity contribution in [3.8, 4) is 0 Å². The summed E-state index contributed by atoms with van der Waals surface area (Å²) in [6.07, 6.45) is -2.97. The number of hydrogen-bond donors (Lipinski definition) is 1. The van der Waals surface area contributed by atoms with Gasteiger partial charge in [-0.05, 0) is 77.7 Å². The van der Waals surface area contributed by atoms with Crippen LogP contribution in [0.3, 0.4) is 0 Å². The fourth-order valence-electron chi connectivity index (χ4n) is 4.53. The molecular weight excluding hydrogens is 530 g/mol. The van der Waals surface area contributed by atoms with Crippen molar-refractivity contribution < 1.29 is 13.2 Å². The Morgan fingerprint density at radius 1 is 0.711 bits per heavy atom. The molecule has 0 radical (unpaired) electrons. The summed E-state index contributed by atoms with van der Waals surface area (Å²) in [5.74, 6) is 0.413. The van der Waals surface area contributed by atoms with Gasteiger partial charge < -0.3 is 5.32 Å². The fraction of sp³-hybridized carbons (Fsp3) is 0.133. The molecule has 0 fully saturated rings. The molecule has 3 nitrogen and oxygen atoms in total. The molecule has 1 atom stereocenters. The van der Waals surface area contributed by atoms with Crippen molar-refractivity contribution in [2.45, 2.75) is 25.1 Å². The maximum Gasteiger partial charge on any atom is 0.416 e. The highest BCUT2D eigenvalue weighted by atomic mass is 35.5. The molecule has 1 N–H and O–H groups in total. The number of fused-ring (bicyclic) bond motifs is 1. The Morgan fingerprint density at radius 3 is 1.92 bits per heavy atom. The predicted octanol–water partition coefficient (Wildman–Crippen LogP) is 9.31. The highest BCUT2D eigenvalue weighted by Crippen LogP contribution is 2.36. The number of benzene rings is 4. The number of alkyl halides is 3. The van der Waals surface area contributed by atoms with Gasteiger partial charge in [0.05, 0.1) is 11.1 Å². The number of hydrogen-bond acceptors (Lipinski definition) is 3. The van der Waals surface area contributed by atoms with Crippen LogP contribution in [-0.2, 0) is 6.18 Å². The Kier molecular flexibility index (Phi) is 7.28. The fourth-order valence-corrected chi connectivity index (χ4v) is 4.78. The van der Waals surface area contributed by atoms with Gasteiger partial charge in [-0.3, -0.25) is 0 Å². The number of nitrogens with zero attached hydrogens (tertiary/aromatic N) is 2. The second kappa shape index (κ2) is 10.6. The Morgan fingerprint density at radius 2 is 1.32 bits per heavy atom. The lowest BCUT2D eigenvalue weighted by Gasteiger charge is -2.21. The predicted molar refractivity (Wildman–Crippen MR) is 147 cm³/mol. The molecule has 0 aliphatic rings. The topological polar surface area (TPSA) is 37.8 Å². The molecular formula is C30H22Cl2F3N3. The molecule has 0 aliphatic heterocycles. The summed E-state index contributed by atoms with van der Waals surface area (Å²) in [6, 6.07) is 26.2. The molecule has 1 aromatic heterocycles. The van der Waals surface area contributed by atoms with E-state index >= 15 is 0 Å². The van der Waals surface area contributed by atoms with Crippen LogP contribution in [0.25, 0.3) is 10.9 Å². The highest BCUT2D eigenvalue weighted by molar-refractivity contribution is 6.30. The minimum atomic E-state index is -4.41. The van der Waals surface area contributed by atoms with E-state index < -0.39 is 17.8 Å². The van der Waals surface area contributed by atoms with E-state index in [4.69, 9.17) is 23.2 Å². The maximum atomic E-state index is 13.3. The van der Waals surface area contributed by atoms with Crippen LogP contribution < -0.4 is 5.32 Å². The average Bonchev–Trinajstić information content (AvgIpc) is 2.91. The summed E-state index contributed by atoms with van der Waals surface area (Å²) in [7, 11) is 0. The number of anilines is 1. The molecule has 192 valence electrons. The van der Waals surface area contributed by atoms with Crippen LogP contribution in [0.2, 0.25) is 10.0 Å². The van der Waals surface area contributed by atoms with Crippen LogP contribution in [0.1, 0.15) is 46.7 Å². The molecule has 0 unspecified atom stereocenters. The summed E-state index contributed by atoms with van der Waals surface area (Å²) in [5.41, 5.74) is 3.61. The molecule has 1 heterocycles. The summed E-state index contributed by atoms with van der Waals surface area (Å²) < 4.78 is 39.8. The first-order chi connectivity index (χ1) is 18.2. The quantitative estimate of drug-likeness (QED) is 0.213. The van der Waals surface area contributed by atoms with Gasteiger partial charge in [0, 0.05) is 27.4 Å². The minimum absolute atomic E-state index is 0.122. The molecule has 0 saturated carbocycles. The van der Waals surface area contributed by atoms with Crippen molar-refractivity contribution >= 4 is 39.9 Å². The first-order valence-corrected chi connectivity index (χ1v) is 12.6. The Bertz CT molecular complexity index is 1520. The normalized spacial score (nSPS) is 12.6. The summed E-state index contributed by atoms with van der Waals surface area (Å²) in [4.78, 5) is 8.84. The molecule has 38 heavy (non-hydrogen) atoms. The van der Waals surface area contributed by atoms with E-state index in [0.29, 0.717) is 26.9 Å². The smallest absolute Gasteiger partial charge is 0.363 e. The number of aromatic nitrogens is 2. The van der Waals surface area contributed by atoms with Gasteiger partial charge in [-0.1, -0.05) is 65.7 Å². The van der Waals surface area contributed by atoms with Crippen molar-refractivity contribution in [1.82, 2.24) is 9.97 Å². The van der Waals surface area contributed by atoms with Crippen LogP contribution in [0.15, 0.2) is 97.3 Å². The second-order valence-electron chi connectivity index (χ2n) is 9.02. The Balaban J connectivity index is 1.56. The van der Waals surface area contributed by atoms with Crippen molar-refractivity contribution in [3.63, 3.8) is 0 Å². The zero-order chi connectivity index (χ0) is 26.9. The van der Waals surface area contributed by atoms with E-state index in [1.807, 2.05) is 66.7 Å². The Hall–Kier alpha value is -3.61. The van der Waals surface area contributed by atoms with Crippen molar-refractivity contribution in [2.75, 3.05) is 5.32 Å². The van der Waals surface area contributed by atoms with Gasteiger partial charge in [-0.2, -0.15) is 13.2 Å². The summed E-state index contributed by atoms with van der Waals surface area (Å²) >= 11 is 12.3. The molecule has 8 heteroatoms. The van der Waals surface area contributed by atoms with Gasteiger partial charge in [-0.15, -0.1) is 0 Å². The van der Waals surface area contributed by atoms with Crippen LogP contribution >= 0.6 is 23.2 Å². The minimum Gasteiger partial charge on any atom is -0.363 e. The van der Waals surface area contributed by atoms with Crippen LogP contribution in [0.4, 0.5) is 19.0 Å². The molecule has 0 saturated heterocycles. The maximum absolute atomic E-state index is 13.3. The third kappa shape index (κ3) is 5.62. The van der Waals surface area contributed by atoms with E-state index in [0.717, 1.165) is 34.2 Å². The van der Waals surface area contributed by atoms with Crippen LogP contribution in [0, 0.1) is 0 Å². The van der Waals surface area contributed by atoms with Gasteiger partial charge in [0.25, 0.3) is 0 Å². The molecule has 4 aromatic carbocycles. The van der Waals surface area contributed by atoms with E-state index in [-0.39, 0.29) is 5.92 Å². The van der Waals surface area contributed by atoms with E-state index in [1.54, 1.807) is 13.0 Å². The van der Waals surface area contributed by atoms with Gasteiger partial charge in [0.15, 0.2) is 0 Å². The summed E-state index contributed by atoms with van der Waals surface area (Å²) in [5, 5.41) is 5.34. The van der Waals surface area contributed by atoms with E-state index in [9.17, 15) is 13.2 Å². The summed E-state index contributed by atoms with van der Waals surface area (Å²) in [6.45, 7) is 1.80. The van der Waals surface area contributed by atoms with E-state index in [1.165, 1.54) is 12.4 Å². The number of rotatable bonds is 6. The largest absolute Gasteiger partial charge is 0.416 e. The molecule has 5 aromatic rings. The molecule has 0 bridgehead atoms. The van der Waals surface area contributed by atoms with E-state index in [2.05, 4.69) is 15.3 Å². The number of nitrogens with one attached hydrogen (secondary N) is 1. The standard InChI is InChI=1S/C30H22Cl2F3N3/c1-18(21-3-2-4-23(15-21)30(33,34)35)38-29-26-16-22(9-14-27(26)36-17-37-29)28(19-5-10-24(31)11-6-19)20-7-12-25(32)13-8-20/h2-18,28H,1H3,(H,36,37,38)/t18-/m0/s1. The highest BCUT2D eigenvalue weighted by Gasteiger charge is 2.30. The third-order valence-electron chi connectivity index (χ3n) is 6.47. The number of halogens is 5. The zero-order valence-electron chi connectivity index (χ0n) is 20.2. The SMILES string of the molecule is C[C@H](Nc1ncnc2ccc(C(c3ccc(Cl)cc3)c3ccc(Cl)cc3)cc12)c1cccc(C(F)(F)F)c1. The van der Waals surface area contributed by atoms with Gasteiger partial charge in [0.1, 0.15) is 12.1 Å². The lowest BCUT2D eigenvalue weighted by Crippen LogP contribution is -2.11.